The SMILES string of the molecule is Cn1c(=O)[nH]c(=O)c2c1nc(SCCCc1ccccc1)n2CCc1ccccc1. The highest BCUT2D eigenvalue weighted by molar-refractivity contribution is 7.99. The number of thioether (sulfide) groups is 1. The van der Waals surface area contributed by atoms with E-state index in [2.05, 4.69) is 46.4 Å². The molecule has 0 atom stereocenters. The van der Waals surface area contributed by atoms with Crippen molar-refractivity contribution < 1.29 is 0 Å². The molecule has 0 aliphatic rings. The number of aromatic nitrogens is 4. The number of imidazole rings is 1. The number of aromatic amines is 1. The minimum atomic E-state index is -0.444. The van der Waals surface area contributed by atoms with Gasteiger partial charge in [-0.15, -0.1) is 0 Å². The van der Waals surface area contributed by atoms with E-state index in [-0.39, 0.29) is 5.56 Å². The van der Waals surface area contributed by atoms with Crippen LogP contribution in [0.15, 0.2) is 75.4 Å². The molecule has 0 unspecified atom stereocenters. The van der Waals surface area contributed by atoms with Crippen LogP contribution in [0.3, 0.4) is 0 Å². The van der Waals surface area contributed by atoms with E-state index in [4.69, 9.17) is 0 Å². The first-order chi connectivity index (χ1) is 14.6. The van der Waals surface area contributed by atoms with Crippen LogP contribution >= 0.6 is 11.8 Å². The van der Waals surface area contributed by atoms with Gasteiger partial charge in [0.1, 0.15) is 0 Å². The average Bonchev–Trinajstić information content (AvgIpc) is 3.14. The standard InChI is InChI=1S/C23H24N4O2S/c1-26-20-19(21(28)25-22(26)29)27(15-14-18-11-6-3-7-12-18)23(24-20)30-16-8-13-17-9-4-2-5-10-17/h2-7,9-12H,8,13-16H2,1H3,(H,25,28,29). The van der Waals surface area contributed by atoms with Crippen molar-refractivity contribution in [1.29, 1.82) is 0 Å². The van der Waals surface area contributed by atoms with Crippen molar-refractivity contribution in [2.24, 2.45) is 7.05 Å². The van der Waals surface area contributed by atoms with Gasteiger partial charge in [0, 0.05) is 19.3 Å². The van der Waals surface area contributed by atoms with Gasteiger partial charge in [-0.05, 0) is 30.4 Å². The molecule has 0 aliphatic carbocycles. The van der Waals surface area contributed by atoms with Crippen LogP contribution in [0.5, 0.6) is 0 Å². The maximum absolute atomic E-state index is 12.6. The second-order valence-electron chi connectivity index (χ2n) is 7.21. The third-order valence-electron chi connectivity index (χ3n) is 5.12. The topological polar surface area (TPSA) is 72.7 Å². The molecule has 2 heterocycles. The van der Waals surface area contributed by atoms with E-state index in [0.717, 1.165) is 30.2 Å². The molecule has 0 spiro atoms. The zero-order chi connectivity index (χ0) is 20.9. The first-order valence-electron chi connectivity index (χ1n) is 10.0. The molecule has 6 nitrogen and oxygen atoms in total. The van der Waals surface area contributed by atoms with Crippen molar-refractivity contribution >= 4 is 22.9 Å². The predicted molar refractivity (Wildman–Crippen MR) is 121 cm³/mol. The van der Waals surface area contributed by atoms with Crippen LogP contribution in [0.1, 0.15) is 17.5 Å². The molecule has 0 saturated heterocycles. The molecule has 0 aliphatic heterocycles. The van der Waals surface area contributed by atoms with Gasteiger partial charge in [0.05, 0.1) is 0 Å². The van der Waals surface area contributed by atoms with Gasteiger partial charge in [-0.1, -0.05) is 72.4 Å². The second-order valence-corrected chi connectivity index (χ2v) is 8.27. The zero-order valence-electron chi connectivity index (χ0n) is 16.9. The van der Waals surface area contributed by atoms with Crippen molar-refractivity contribution in [2.45, 2.75) is 31.0 Å². The first kappa shape index (κ1) is 20.2. The van der Waals surface area contributed by atoms with Crippen LogP contribution in [-0.2, 0) is 26.4 Å². The lowest BCUT2D eigenvalue weighted by Gasteiger charge is -2.09. The molecule has 0 fully saturated rings. The molecule has 1 N–H and O–H groups in total. The predicted octanol–water partition coefficient (Wildman–Crippen LogP) is 3.39. The third-order valence-corrected chi connectivity index (χ3v) is 6.19. The van der Waals surface area contributed by atoms with Crippen molar-refractivity contribution in [2.75, 3.05) is 5.75 Å². The minimum absolute atomic E-state index is 0.384. The third kappa shape index (κ3) is 4.41. The highest BCUT2D eigenvalue weighted by atomic mass is 32.2. The number of hydrogen-bond acceptors (Lipinski definition) is 4. The van der Waals surface area contributed by atoms with Gasteiger partial charge in [0.25, 0.3) is 5.56 Å². The van der Waals surface area contributed by atoms with E-state index in [1.165, 1.54) is 15.7 Å². The normalized spacial score (nSPS) is 11.2. The summed E-state index contributed by atoms with van der Waals surface area (Å²) in [6.45, 7) is 0.628. The Bertz CT molecular complexity index is 1240. The molecule has 4 aromatic rings. The summed E-state index contributed by atoms with van der Waals surface area (Å²) in [6, 6.07) is 20.6. The summed E-state index contributed by atoms with van der Waals surface area (Å²) in [5, 5.41) is 0.778. The van der Waals surface area contributed by atoms with Gasteiger partial charge in [0.2, 0.25) is 0 Å². The van der Waals surface area contributed by atoms with E-state index in [1.54, 1.807) is 18.8 Å². The van der Waals surface area contributed by atoms with Crippen molar-refractivity contribution in [3.8, 4) is 0 Å². The summed E-state index contributed by atoms with van der Waals surface area (Å²) in [7, 11) is 1.64. The smallest absolute Gasteiger partial charge is 0.313 e. The van der Waals surface area contributed by atoms with Gasteiger partial charge >= 0.3 is 5.69 Å². The van der Waals surface area contributed by atoms with Crippen LogP contribution in [-0.4, -0.2) is 24.9 Å². The van der Waals surface area contributed by atoms with E-state index >= 15 is 0 Å². The zero-order valence-corrected chi connectivity index (χ0v) is 17.7. The molecule has 2 aromatic heterocycles. The van der Waals surface area contributed by atoms with Crippen LogP contribution in [0, 0.1) is 0 Å². The minimum Gasteiger partial charge on any atom is -0.313 e. The monoisotopic (exact) mass is 420 g/mol. The molecule has 0 bridgehead atoms. The lowest BCUT2D eigenvalue weighted by Crippen LogP contribution is -2.29. The van der Waals surface area contributed by atoms with Crippen molar-refractivity contribution in [3.05, 3.63) is 92.6 Å². The molecule has 30 heavy (non-hydrogen) atoms. The van der Waals surface area contributed by atoms with E-state index in [9.17, 15) is 9.59 Å². The second kappa shape index (κ2) is 9.17. The summed E-state index contributed by atoms with van der Waals surface area (Å²) >= 11 is 1.63. The van der Waals surface area contributed by atoms with Gasteiger partial charge < -0.3 is 4.57 Å². The molecule has 154 valence electrons. The Balaban J connectivity index is 1.58. The summed E-state index contributed by atoms with van der Waals surface area (Å²) < 4.78 is 3.36. The van der Waals surface area contributed by atoms with E-state index in [1.807, 2.05) is 28.8 Å². The van der Waals surface area contributed by atoms with Gasteiger partial charge in [-0.3, -0.25) is 14.3 Å². The Morgan fingerprint density at radius 2 is 1.57 bits per heavy atom. The molecule has 0 amide bonds. The number of benzene rings is 2. The quantitative estimate of drug-likeness (QED) is 0.350. The Morgan fingerprint density at radius 1 is 0.933 bits per heavy atom. The molecule has 2 aromatic carbocycles. The van der Waals surface area contributed by atoms with Crippen LogP contribution in [0.2, 0.25) is 0 Å². The fourth-order valence-corrected chi connectivity index (χ4v) is 4.46. The number of rotatable bonds is 8. The van der Waals surface area contributed by atoms with Gasteiger partial charge in [-0.2, -0.15) is 0 Å². The van der Waals surface area contributed by atoms with E-state index < -0.39 is 5.69 Å². The summed E-state index contributed by atoms with van der Waals surface area (Å²) in [6.07, 6.45) is 2.79. The van der Waals surface area contributed by atoms with Gasteiger partial charge in [0.15, 0.2) is 16.3 Å². The fraction of sp³-hybridized carbons (Fsp3) is 0.261. The number of fused-ring (bicyclic) bond motifs is 1. The Labute approximate surface area is 178 Å². The number of hydrogen-bond donors (Lipinski definition) is 1. The largest absolute Gasteiger partial charge is 0.329 e. The Kier molecular flexibility index (Phi) is 6.18. The molecular formula is C23H24N4O2S. The summed E-state index contributed by atoms with van der Waals surface area (Å²) in [5.41, 5.74) is 2.57. The van der Waals surface area contributed by atoms with Gasteiger partial charge in [-0.25, -0.2) is 9.78 Å². The Hall–Kier alpha value is -3.06. The average molecular weight is 421 g/mol. The lowest BCUT2D eigenvalue weighted by molar-refractivity contribution is 0.649. The molecular weight excluding hydrogens is 396 g/mol. The highest BCUT2D eigenvalue weighted by Crippen LogP contribution is 2.23. The first-order valence-corrected chi connectivity index (χ1v) is 11.0. The number of aryl methyl sites for hydroxylation is 4. The van der Waals surface area contributed by atoms with Crippen molar-refractivity contribution in [3.63, 3.8) is 0 Å². The molecule has 4 rings (SSSR count). The Morgan fingerprint density at radius 3 is 2.23 bits per heavy atom. The van der Waals surface area contributed by atoms with Crippen LogP contribution in [0.25, 0.3) is 11.2 Å². The van der Waals surface area contributed by atoms with Crippen LogP contribution in [0.4, 0.5) is 0 Å². The summed E-state index contributed by atoms with van der Waals surface area (Å²) in [4.78, 5) is 31.7. The summed E-state index contributed by atoms with van der Waals surface area (Å²) in [5.74, 6) is 0.884. The number of nitrogens with one attached hydrogen (secondary N) is 1. The number of nitrogens with zero attached hydrogens (tertiary/aromatic N) is 3. The van der Waals surface area contributed by atoms with Crippen molar-refractivity contribution in [1.82, 2.24) is 19.1 Å². The van der Waals surface area contributed by atoms with Crippen LogP contribution < -0.4 is 11.2 Å². The highest BCUT2D eigenvalue weighted by Gasteiger charge is 2.17. The maximum Gasteiger partial charge on any atom is 0.329 e. The maximum atomic E-state index is 12.6. The van der Waals surface area contributed by atoms with E-state index in [0.29, 0.717) is 17.7 Å². The number of H-pyrrole nitrogens is 1. The lowest BCUT2D eigenvalue weighted by atomic mass is 10.1. The molecule has 0 saturated carbocycles. The molecule has 7 heteroatoms. The molecule has 0 radical (unpaired) electrons. The fourth-order valence-electron chi connectivity index (χ4n) is 3.50.